The third-order valence-corrected chi connectivity index (χ3v) is 8.26. The number of hydrogen-bond acceptors (Lipinski definition) is 1. The summed E-state index contributed by atoms with van der Waals surface area (Å²) in [7, 11) is 0. The molecule has 0 aliphatic heterocycles. The lowest BCUT2D eigenvalue weighted by atomic mass is 9.54. The van der Waals surface area contributed by atoms with Crippen LogP contribution in [0.5, 0.6) is 0 Å². The average molecular weight is 416 g/mol. The highest BCUT2D eigenvalue weighted by Gasteiger charge is 2.72. The second kappa shape index (κ2) is 7.05. The summed E-state index contributed by atoms with van der Waals surface area (Å²) in [5, 5.41) is 9.74. The Balaban J connectivity index is 2.40. The molecule has 0 amide bonds. The summed E-state index contributed by atoms with van der Waals surface area (Å²) in [4.78, 5) is 0. The molecular formula is C21H34F6O. The molecule has 0 aromatic carbocycles. The Bertz CT molecular complexity index is 548. The molecule has 1 N–H and O–H groups in total. The van der Waals surface area contributed by atoms with Crippen molar-refractivity contribution in [3.63, 3.8) is 0 Å². The van der Waals surface area contributed by atoms with E-state index >= 15 is 0 Å². The van der Waals surface area contributed by atoms with Gasteiger partial charge in [-0.25, -0.2) is 0 Å². The highest BCUT2D eigenvalue weighted by atomic mass is 19.4. The van der Waals surface area contributed by atoms with Crippen LogP contribution < -0.4 is 0 Å². The summed E-state index contributed by atoms with van der Waals surface area (Å²) in [5.74, 6) is -0.531. The van der Waals surface area contributed by atoms with E-state index in [1.807, 2.05) is 6.92 Å². The van der Waals surface area contributed by atoms with Crippen molar-refractivity contribution >= 4 is 0 Å². The van der Waals surface area contributed by atoms with Crippen LogP contribution in [0.15, 0.2) is 0 Å². The van der Waals surface area contributed by atoms with E-state index in [2.05, 4.69) is 34.6 Å². The van der Waals surface area contributed by atoms with Gasteiger partial charge in [-0.2, -0.15) is 26.3 Å². The van der Waals surface area contributed by atoms with E-state index in [0.717, 1.165) is 12.8 Å². The van der Waals surface area contributed by atoms with Crippen molar-refractivity contribution in [1.82, 2.24) is 0 Å². The standard InChI is InChI=1S/C21H34F6O/c1-7-17(3,4)15-12-9-13(14(10-12)16(15)18(5,6)8-2)11-19(28,20(22,23)24)21(25,26)27/h12-16,28H,7-11H2,1-6H3. The molecule has 0 aromatic heterocycles. The van der Waals surface area contributed by atoms with Crippen molar-refractivity contribution in [1.29, 1.82) is 0 Å². The van der Waals surface area contributed by atoms with Gasteiger partial charge in [-0.3, -0.25) is 0 Å². The Kier molecular flexibility index (Phi) is 6.00. The van der Waals surface area contributed by atoms with E-state index < -0.39 is 30.3 Å². The molecular weight excluding hydrogens is 382 g/mol. The summed E-state index contributed by atoms with van der Waals surface area (Å²) < 4.78 is 79.5. The van der Waals surface area contributed by atoms with Gasteiger partial charge in [0.15, 0.2) is 0 Å². The molecule has 5 atom stereocenters. The molecule has 5 unspecified atom stereocenters. The third kappa shape index (κ3) is 3.69. The van der Waals surface area contributed by atoms with Gasteiger partial charge in [-0.05, 0) is 59.7 Å². The van der Waals surface area contributed by atoms with Crippen molar-refractivity contribution in [2.24, 2.45) is 40.4 Å². The zero-order valence-corrected chi connectivity index (χ0v) is 17.6. The van der Waals surface area contributed by atoms with Crippen LogP contribution in [-0.4, -0.2) is 23.1 Å². The average Bonchev–Trinajstić information content (AvgIpc) is 3.10. The summed E-state index contributed by atoms with van der Waals surface area (Å²) in [6.45, 7) is 12.6. The minimum Gasteiger partial charge on any atom is -0.374 e. The first-order chi connectivity index (χ1) is 12.4. The van der Waals surface area contributed by atoms with Gasteiger partial charge in [0.2, 0.25) is 0 Å². The fourth-order valence-corrected chi connectivity index (χ4v) is 6.16. The molecule has 1 nitrogen and oxygen atoms in total. The van der Waals surface area contributed by atoms with Gasteiger partial charge in [0, 0.05) is 0 Å². The highest BCUT2D eigenvalue weighted by molar-refractivity contribution is 5.10. The van der Waals surface area contributed by atoms with Gasteiger partial charge in [-0.1, -0.05) is 54.4 Å². The van der Waals surface area contributed by atoms with Crippen molar-refractivity contribution in [2.45, 2.75) is 91.6 Å². The van der Waals surface area contributed by atoms with E-state index in [4.69, 9.17) is 0 Å². The lowest BCUT2D eigenvalue weighted by molar-refractivity contribution is -0.373. The molecule has 0 saturated heterocycles. The van der Waals surface area contributed by atoms with Crippen LogP contribution in [-0.2, 0) is 0 Å². The molecule has 0 aromatic rings. The molecule has 28 heavy (non-hydrogen) atoms. The van der Waals surface area contributed by atoms with E-state index in [1.165, 1.54) is 0 Å². The van der Waals surface area contributed by atoms with Crippen LogP contribution >= 0.6 is 0 Å². The maximum Gasteiger partial charge on any atom is 0.426 e. The van der Waals surface area contributed by atoms with Crippen LogP contribution in [0.3, 0.4) is 0 Å². The summed E-state index contributed by atoms with van der Waals surface area (Å²) in [6.07, 6.45) is -10.0. The van der Waals surface area contributed by atoms with Gasteiger partial charge in [-0.15, -0.1) is 0 Å². The Morgan fingerprint density at radius 1 is 0.750 bits per heavy atom. The molecule has 166 valence electrons. The molecule has 2 fully saturated rings. The lowest BCUT2D eigenvalue weighted by Crippen LogP contribution is -2.58. The van der Waals surface area contributed by atoms with Gasteiger partial charge in [0.25, 0.3) is 5.60 Å². The Morgan fingerprint density at radius 3 is 1.57 bits per heavy atom. The predicted molar refractivity (Wildman–Crippen MR) is 96.5 cm³/mol. The third-order valence-electron chi connectivity index (χ3n) is 8.26. The Labute approximate surface area is 164 Å². The first-order valence-electron chi connectivity index (χ1n) is 10.3. The zero-order chi connectivity index (χ0) is 21.9. The molecule has 0 heterocycles. The van der Waals surface area contributed by atoms with Crippen molar-refractivity contribution in [3.8, 4) is 0 Å². The molecule has 7 heteroatoms. The van der Waals surface area contributed by atoms with Crippen LogP contribution in [0.2, 0.25) is 0 Å². The summed E-state index contributed by atoms with van der Waals surface area (Å²) >= 11 is 0. The molecule has 0 spiro atoms. The molecule has 2 saturated carbocycles. The van der Waals surface area contributed by atoms with Crippen LogP contribution in [0.4, 0.5) is 26.3 Å². The highest BCUT2D eigenvalue weighted by Crippen LogP contribution is 2.67. The number of halogens is 6. The fourth-order valence-electron chi connectivity index (χ4n) is 6.16. The van der Waals surface area contributed by atoms with Gasteiger partial charge in [0.05, 0.1) is 0 Å². The van der Waals surface area contributed by atoms with E-state index in [-0.39, 0.29) is 34.5 Å². The summed E-state index contributed by atoms with van der Waals surface area (Å²) in [6, 6.07) is 0. The minimum absolute atomic E-state index is 0.0220. The zero-order valence-electron chi connectivity index (χ0n) is 17.6. The Hall–Kier alpha value is -0.460. The molecule has 2 aliphatic carbocycles. The van der Waals surface area contributed by atoms with Gasteiger partial charge in [0.1, 0.15) is 0 Å². The first kappa shape index (κ1) is 23.8. The normalized spacial score (nSPS) is 32.2. The summed E-state index contributed by atoms with van der Waals surface area (Å²) in [5.41, 5.74) is -4.83. The van der Waals surface area contributed by atoms with Crippen molar-refractivity contribution in [2.75, 3.05) is 0 Å². The molecule has 2 bridgehead atoms. The molecule has 2 aliphatic rings. The Morgan fingerprint density at radius 2 is 1.18 bits per heavy atom. The van der Waals surface area contributed by atoms with Crippen LogP contribution in [0, 0.1) is 40.4 Å². The monoisotopic (exact) mass is 416 g/mol. The maximum atomic E-state index is 13.2. The largest absolute Gasteiger partial charge is 0.426 e. The van der Waals surface area contributed by atoms with Crippen molar-refractivity contribution < 1.29 is 31.4 Å². The smallest absolute Gasteiger partial charge is 0.374 e. The number of rotatable bonds is 6. The predicted octanol–water partition coefficient (Wildman–Crippen LogP) is 6.99. The number of aliphatic hydroxyl groups is 1. The SMILES string of the molecule is CCC(C)(C)C1C2CC(CC(O)(C(F)(F)F)C(F)(F)F)C(C2)C1C(C)(C)CC. The van der Waals surface area contributed by atoms with E-state index in [0.29, 0.717) is 12.8 Å². The molecule has 0 radical (unpaired) electrons. The second-order valence-corrected chi connectivity index (χ2v) is 10.5. The number of fused-ring (bicyclic) bond motifs is 2. The maximum absolute atomic E-state index is 13.2. The number of alkyl halides is 6. The van der Waals surface area contributed by atoms with Crippen LogP contribution in [0.25, 0.3) is 0 Å². The van der Waals surface area contributed by atoms with E-state index in [1.54, 1.807) is 0 Å². The van der Waals surface area contributed by atoms with Gasteiger partial charge >= 0.3 is 12.4 Å². The minimum atomic E-state index is -5.73. The second-order valence-electron chi connectivity index (χ2n) is 10.5. The lowest BCUT2D eigenvalue weighted by Gasteiger charge is -2.51. The molecule has 2 rings (SSSR count). The van der Waals surface area contributed by atoms with E-state index in [9.17, 15) is 31.4 Å². The van der Waals surface area contributed by atoms with Gasteiger partial charge < -0.3 is 5.11 Å². The van der Waals surface area contributed by atoms with Crippen molar-refractivity contribution in [3.05, 3.63) is 0 Å². The number of hydrogen-bond donors (Lipinski definition) is 1. The first-order valence-corrected chi connectivity index (χ1v) is 10.3. The fraction of sp³-hybridized carbons (Fsp3) is 1.00. The topological polar surface area (TPSA) is 20.2 Å². The quantitative estimate of drug-likeness (QED) is 0.463. The van der Waals surface area contributed by atoms with Crippen LogP contribution in [0.1, 0.15) is 73.6 Å².